The second-order valence-electron chi connectivity index (χ2n) is 7.55. The van der Waals surface area contributed by atoms with Crippen LogP contribution in [0.15, 0.2) is 42.5 Å². The van der Waals surface area contributed by atoms with Crippen LogP contribution in [-0.2, 0) is 4.79 Å². The van der Waals surface area contributed by atoms with Crippen LogP contribution in [0.4, 0.5) is 11.4 Å². The van der Waals surface area contributed by atoms with Gasteiger partial charge in [-0.05, 0) is 61.7 Å². The van der Waals surface area contributed by atoms with Crippen molar-refractivity contribution < 1.29 is 14.4 Å². The maximum atomic E-state index is 12.6. The van der Waals surface area contributed by atoms with E-state index in [2.05, 4.69) is 16.0 Å². The van der Waals surface area contributed by atoms with E-state index >= 15 is 0 Å². The molecule has 0 aliphatic heterocycles. The molecule has 0 atom stereocenters. The number of nitrogens with one attached hydrogen (secondary N) is 3. The molecular weight excluding hydrogens is 366 g/mol. The minimum Gasteiger partial charge on any atom is -0.349 e. The van der Waals surface area contributed by atoms with Crippen molar-refractivity contribution in [2.24, 2.45) is 0 Å². The average Bonchev–Trinajstić information content (AvgIpc) is 2.70. The molecule has 2 aromatic carbocycles. The monoisotopic (exact) mass is 393 g/mol. The third-order valence-corrected chi connectivity index (χ3v) is 5.12. The van der Waals surface area contributed by atoms with Crippen LogP contribution in [-0.4, -0.2) is 23.8 Å². The van der Waals surface area contributed by atoms with E-state index in [1.807, 2.05) is 6.92 Å². The summed E-state index contributed by atoms with van der Waals surface area (Å²) in [6, 6.07) is 12.3. The van der Waals surface area contributed by atoms with Crippen LogP contribution in [0, 0.1) is 6.92 Å². The molecule has 3 N–H and O–H groups in total. The van der Waals surface area contributed by atoms with E-state index in [4.69, 9.17) is 0 Å². The average molecular weight is 393 g/mol. The van der Waals surface area contributed by atoms with Crippen LogP contribution in [0.3, 0.4) is 0 Å². The molecule has 0 bridgehead atoms. The number of anilines is 2. The van der Waals surface area contributed by atoms with Crippen LogP contribution < -0.4 is 16.0 Å². The molecule has 1 aliphatic rings. The van der Waals surface area contributed by atoms with E-state index in [-0.39, 0.29) is 23.8 Å². The number of rotatable bonds is 5. The largest absolute Gasteiger partial charge is 0.349 e. The number of carbonyl (C=O) groups excluding carboxylic acids is 3. The summed E-state index contributed by atoms with van der Waals surface area (Å²) >= 11 is 0. The second-order valence-corrected chi connectivity index (χ2v) is 7.55. The Labute approximate surface area is 171 Å². The number of hydrogen-bond donors (Lipinski definition) is 3. The van der Waals surface area contributed by atoms with Gasteiger partial charge in [0.25, 0.3) is 11.8 Å². The third-order valence-electron chi connectivity index (χ3n) is 5.12. The Bertz CT molecular complexity index is 917. The zero-order chi connectivity index (χ0) is 20.8. The maximum Gasteiger partial charge on any atom is 0.255 e. The fourth-order valence-corrected chi connectivity index (χ4v) is 3.60. The number of carbonyl (C=O) groups is 3. The number of hydrogen-bond acceptors (Lipinski definition) is 3. The standard InChI is InChI=1S/C23H27N3O3/c1-15-13-18(22(28)25-19-8-4-3-5-9-19)11-12-21(15)26-23(29)17-7-6-10-20(14-17)24-16(2)27/h6-7,10-14,19H,3-5,8-9H2,1-2H3,(H,24,27)(H,25,28)(H,26,29). The lowest BCUT2D eigenvalue weighted by Gasteiger charge is -2.23. The molecule has 1 aliphatic carbocycles. The smallest absolute Gasteiger partial charge is 0.255 e. The van der Waals surface area contributed by atoms with Gasteiger partial charge in [-0.2, -0.15) is 0 Å². The van der Waals surface area contributed by atoms with Crippen LogP contribution >= 0.6 is 0 Å². The first-order valence-corrected chi connectivity index (χ1v) is 10.0. The summed E-state index contributed by atoms with van der Waals surface area (Å²) in [5.41, 5.74) is 3.06. The van der Waals surface area contributed by atoms with Gasteiger partial charge in [0.05, 0.1) is 0 Å². The summed E-state index contributed by atoms with van der Waals surface area (Å²) in [5.74, 6) is -0.541. The molecular formula is C23H27N3O3. The normalized spacial score (nSPS) is 14.1. The fraction of sp³-hybridized carbons (Fsp3) is 0.348. The molecule has 6 nitrogen and oxygen atoms in total. The van der Waals surface area contributed by atoms with Crippen LogP contribution in [0.25, 0.3) is 0 Å². The van der Waals surface area contributed by atoms with Crippen molar-refractivity contribution in [3.05, 3.63) is 59.2 Å². The minimum atomic E-state index is -0.278. The molecule has 0 radical (unpaired) electrons. The molecule has 0 saturated heterocycles. The van der Waals surface area contributed by atoms with E-state index in [0.717, 1.165) is 31.2 Å². The van der Waals surface area contributed by atoms with Gasteiger partial charge in [0.1, 0.15) is 0 Å². The molecule has 2 aromatic rings. The maximum absolute atomic E-state index is 12.6. The van der Waals surface area contributed by atoms with Gasteiger partial charge in [0, 0.05) is 35.5 Å². The Morgan fingerprint density at radius 3 is 2.28 bits per heavy atom. The van der Waals surface area contributed by atoms with Gasteiger partial charge in [0.2, 0.25) is 5.91 Å². The molecule has 29 heavy (non-hydrogen) atoms. The van der Waals surface area contributed by atoms with Gasteiger partial charge in [-0.15, -0.1) is 0 Å². The van der Waals surface area contributed by atoms with Crippen molar-refractivity contribution in [3.8, 4) is 0 Å². The Morgan fingerprint density at radius 2 is 1.59 bits per heavy atom. The SMILES string of the molecule is CC(=O)Nc1cccc(C(=O)Nc2ccc(C(=O)NC3CCCCC3)cc2C)c1. The van der Waals surface area contributed by atoms with E-state index in [0.29, 0.717) is 22.5 Å². The van der Waals surface area contributed by atoms with Crippen LogP contribution in [0.1, 0.15) is 65.3 Å². The molecule has 1 fully saturated rings. The molecule has 0 aromatic heterocycles. The van der Waals surface area contributed by atoms with Crippen LogP contribution in [0.2, 0.25) is 0 Å². The van der Waals surface area contributed by atoms with Crippen molar-refractivity contribution in [1.82, 2.24) is 5.32 Å². The van der Waals surface area contributed by atoms with Gasteiger partial charge < -0.3 is 16.0 Å². The van der Waals surface area contributed by atoms with E-state index < -0.39 is 0 Å². The molecule has 6 heteroatoms. The topological polar surface area (TPSA) is 87.3 Å². The molecule has 152 valence electrons. The Balaban J connectivity index is 1.66. The predicted octanol–water partition coefficient (Wildman–Crippen LogP) is 4.27. The van der Waals surface area contributed by atoms with Gasteiger partial charge in [-0.3, -0.25) is 14.4 Å². The van der Waals surface area contributed by atoms with Gasteiger partial charge in [0.15, 0.2) is 0 Å². The Kier molecular flexibility index (Phi) is 6.65. The third kappa shape index (κ3) is 5.67. The number of amides is 3. The van der Waals surface area contributed by atoms with Crippen LogP contribution in [0.5, 0.6) is 0 Å². The highest BCUT2D eigenvalue weighted by Gasteiger charge is 2.17. The van der Waals surface area contributed by atoms with E-state index in [9.17, 15) is 14.4 Å². The molecule has 1 saturated carbocycles. The van der Waals surface area contributed by atoms with Crippen molar-refractivity contribution in [2.75, 3.05) is 10.6 Å². The Morgan fingerprint density at radius 1 is 0.862 bits per heavy atom. The van der Waals surface area contributed by atoms with Crippen molar-refractivity contribution in [1.29, 1.82) is 0 Å². The van der Waals surface area contributed by atoms with Crippen molar-refractivity contribution in [2.45, 2.75) is 52.0 Å². The molecule has 0 unspecified atom stereocenters. The number of aryl methyl sites for hydroxylation is 1. The summed E-state index contributed by atoms with van der Waals surface area (Å²) in [4.78, 5) is 36.3. The lowest BCUT2D eigenvalue weighted by Crippen LogP contribution is -2.36. The molecule has 0 spiro atoms. The first-order chi connectivity index (χ1) is 13.9. The predicted molar refractivity (Wildman–Crippen MR) is 114 cm³/mol. The van der Waals surface area contributed by atoms with Gasteiger partial charge in [-0.25, -0.2) is 0 Å². The minimum absolute atomic E-state index is 0.0686. The lowest BCUT2D eigenvalue weighted by atomic mass is 9.95. The summed E-state index contributed by atoms with van der Waals surface area (Å²) in [6.45, 7) is 3.28. The lowest BCUT2D eigenvalue weighted by molar-refractivity contribution is -0.114. The summed E-state index contributed by atoms with van der Waals surface area (Å²) < 4.78 is 0. The number of benzene rings is 2. The zero-order valence-electron chi connectivity index (χ0n) is 16.9. The Hall–Kier alpha value is -3.15. The molecule has 3 amide bonds. The highest BCUT2D eigenvalue weighted by Crippen LogP contribution is 2.21. The fourth-order valence-electron chi connectivity index (χ4n) is 3.60. The first kappa shape index (κ1) is 20.6. The van der Waals surface area contributed by atoms with Gasteiger partial charge in [-0.1, -0.05) is 25.3 Å². The van der Waals surface area contributed by atoms with E-state index in [1.165, 1.54) is 13.3 Å². The van der Waals surface area contributed by atoms with E-state index in [1.54, 1.807) is 42.5 Å². The molecule has 3 rings (SSSR count). The van der Waals surface area contributed by atoms with Crippen molar-refractivity contribution in [3.63, 3.8) is 0 Å². The summed E-state index contributed by atoms with van der Waals surface area (Å²) in [7, 11) is 0. The zero-order valence-corrected chi connectivity index (χ0v) is 16.9. The highest BCUT2D eigenvalue weighted by atomic mass is 16.2. The highest BCUT2D eigenvalue weighted by molar-refractivity contribution is 6.06. The molecule has 0 heterocycles. The quantitative estimate of drug-likeness (QED) is 0.709. The second kappa shape index (κ2) is 9.37. The first-order valence-electron chi connectivity index (χ1n) is 10.0. The summed E-state index contributed by atoms with van der Waals surface area (Å²) in [6.07, 6.45) is 5.65. The summed E-state index contributed by atoms with van der Waals surface area (Å²) in [5, 5.41) is 8.65. The van der Waals surface area contributed by atoms with Gasteiger partial charge >= 0.3 is 0 Å². The van der Waals surface area contributed by atoms with Crippen molar-refractivity contribution >= 4 is 29.1 Å².